The van der Waals surface area contributed by atoms with E-state index >= 15 is 0 Å². The molecule has 0 spiro atoms. The van der Waals surface area contributed by atoms with Gasteiger partial charge in [0.2, 0.25) is 0 Å². The molecule has 0 bridgehead atoms. The Hall–Kier alpha value is -1.54. The lowest BCUT2D eigenvalue weighted by molar-refractivity contribution is 0.279. The summed E-state index contributed by atoms with van der Waals surface area (Å²) in [7, 11) is 1.64. The molecule has 0 aliphatic heterocycles. The number of rotatable bonds is 2. The number of benzene rings is 1. The van der Waals surface area contributed by atoms with E-state index in [-0.39, 0.29) is 0 Å². The fourth-order valence-corrected chi connectivity index (χ4v) is 1.66. The highest BCUT2D eigenvalue weighted by Gasteiger charge is 2.08. The summed E-state index contributed by atoms with van der Waals surface area (Å²) in [5.74, 6) is 0. The maximum atomic E-state index is 9.45. The Morgan fingerprint density at radius 2 is 2.07 bits per heavy atom. The van der Waals surface area contributed by atoms with Crippen molar-refractivity contribution in [1.82, 2.24) is 0 Å². The zero-order chi connectivity index (χ0) is 9.97. The summed E-state index contributed by atoms with van der Waals surface area (Å²) in [6, 6.07) is 7.83. The average molecular weight is 187 g/mol. The van der Waals surface area contributed by atoms with Gasteiger partial charge in [0.15, 0.2) is 0 Å². The Morgan fingerprint density at radius 1 is 1.29 bits per heavy atom. The second-order valence-corrected chi connectivity index (χ2v) is 3.34. The number of anilines is 1. The fourth-order valence-electron chi connectivity index (χ4n) is 1.66. The van der Waals surface area contributed by atoms with Crippen molar-refractivity contribution >= 4 is 11.3 Å². The number of hydrogen-bond donors (Lipinski definition) is 1. The molecule has 2 rings (SSSR count). The standard InChI is InChI=1S/C12H13NO/c1-13(14)12-9-5-4-8-11(12)10-6-2-3-7-10/h2,4-9,14H,3H2,1H3. The van der Waals surface area contributed by atoms with Crippen molar-refractivity contribution in [3.8, 4) is 0 Å². The van der Waals surface area contributed by atoms with Gasteiger partial charge in [0, 0.05) is 12.6 Å². The number of hydroxylamine groups is 1. The van der Waals surface area contributed by atoms with E-state index in [4.69, 9.17) is 0 Å². The van der Waals surface area contributed by atoms with Crippen LogP contribution in [0.1, 0.15) is 12.0 Å². The zero-order valence-corrected chi connectivity index (χ0v) is 8.14. The number of hydrogen-bond acceptors (Lipinski definition) is 2. The molecule has 0 heterocycles. The maximum Gasteiger partial charge on any atom is 0.0708 e. The van der Waals surface area contributed by atoms with Gasteiger partial charge in [-0.3, -0.25) is 10.3 Å². The molecule has 0 atom stereocenters. The van der Waals surface area contributed by atoms with Crippen LogP contribution in [0.2, 0.25) is 0 Å². The van der Waals surface area contributed by atoms with Gasteiger partial charge in [0.25, 0.3) is 0 Å². The van der Waals surface area contributed by atoms with Crippen LogP contribution in [-0.4, -0.2) is 12.3 Å². The van der Waals surface area contributed by atoms with Gasteiger partial charge >= 0.3 is 0 Å². The molecule has 1 aliphatic carbocycles. The molecular weight excluding hydrogens is 174 g/mol. The van der Waals surface area contributed by atoms with E-state index in [0.29, 0.717) is 0 Å². The van der Waals surface area contributed by atoms with E-state index in [1.807, 2.05) is 24.3 Å². The lowest BCUT2D eigenvalue weighted by Gasteiger charge is -2.15. The second-order valence-electron chi connectivity index (χ2n) is 3.34. The van der Waals surface area contributed by atoms with E-state index < -0.39 is 0 Å². The monoisotopic (exact) mass is 187 g/mol. The van der Waals surface area contributed by atoms with Gasteiger partial charge in [-0.1, -0.05) is 36.4 Å². The van der Waals surface area contributed by atoms with Gasteiger partial charge in [-0.15, -0.1) is 0 Å². The lowest BCUT2D eigenvalue weighted by Crippen LogP contribution is -2.11. The van der Waals surface area contributed by atoms with Crippen molar-refractivity contribution in [2.24, 2.45) is 0 Å². The summed E-state index contributed by atoms with van der Waals surface area (Å²) >= 11 is 0. The SMILES string of the molecule is CN(O)c1ccccc1C1=CCC=C1. The molecule has 2 nitrogen and oxygen atoms in total. The van der Waals surface area contributed by atoms with Crippen molar-refractivity contribution in [2.45, 2.75) is 6.42 Å². The fraction of sp³-hybridized carbons (Fsp3) is 0.167. The van der Waals surface area contributed by atoms with Crippen LogP contribution >= 0.6 is 0 Å². The molecule has 0 unspecified atom stereocenters. The highest BCUT2D eigenvalue weighted by Crippen LogP contribution is 2.29. The molecule has 1 aromatic carbocycles. The number of para-hydroxylation sites is 1. The van der Waals surface area contributed by atoms with Crippen LogP contribution in [0.5, 0.6) is 0 Å². The average Bonchev–Trinajstić information content (AvgIpc) is 2.70. The van der Waals surface area contributed by atoms with Gasteiger partial charge in [-0.2, -0.15) is 0 Å². The van der Waals surface area contributed by atoms with Crippen LogP contribution in [0.3, 0.4) is 0 Å². The molecule has 1 aromatic rings. The molecule has 0 radical (unpaired) electrons. The first kappa shape index (κ1) is 9.03. The largest absolute Gasteiger partial charge is 0.289 e. The highest BCUT2D eigenvalue weighted by molar-refractivity contribution is 5.83. The molecule has 0 saturated heterocycles. The molecular formula is C12H13NO. The zero-order valence-electron chi connectivity index (χ0n) is 8.14. The van der Waals surface area contributed by atoms with Crippen molar-refractivity contribution < 1.29 is 5.21 Å². The van der Waals surface area contributed by atoms with Gasteiger partial charge in [-0.25, -0.2) is 0 Å². The normalized spacial score (nSPS) is 14.3. The van der Waals surface area contributed by atoms with Crippen molar-refractivity contribution in [3.05, 3.63) is 48.1 Å². The third-order valence-corrected chi connectivity index (χ3v) is 2.33. The van der Waals surface area contributed by atoms with E-state index in [9.17, 15) is 5.21 Å². The molecule has 0 saturated carbocycles. The molecule has 1 N–H and O–H groups in total. The second kappa shape index (κ2) is 3.68. The van der Waals surface area contributed by atoms with Crippen molar-refractivity contribution in [1.29, 1.82) is 0 Å². The topological polar surface area (TPSA) is 23.5 Å². The Morgan fingerprint density at radius 3 is 2.71 bits per heavy atom. The molecule has 2 heteroatoms. The Kier molecular flexibility index (Phi) is 2.37. The predicted octanol–water partition coefficient (Wildman–Crippen LogP) is 2.86. The smallest absolute Gasteiger partial charge is 0.0708 e. The summed E-state index contributed by atoms with van der Waals surface area (Å²) < 4.78 is 0. The molecule has 1 aliphatic rings. The van der Waals surface area contributed by atoms with Crippen LogP contribution < -0.4 is 5.06 Å². The Balaban J connectivity index is 2.46. The summed E-state index contributed by atoms with van der Waals surface area (Å²) in [6.07, 6.45) is 7.34. The van der Waals surface area contributed by atoms with Crippen LogP contribution in [0.25, 0.3) is 5.57 Å². The third kappa shape index (κ3) is 1.56. The maximum absolute atomic E-state index is 9.45. The highest BCUT2D eigenvalue weighted by atomic mass is 16.5. The first-order valence-corrected chi connectivity index (χ1v) is 4.68. The Labute approximate surface area is 83.7 Å². The van der Waals surface area contributed by atoms with Gasteiger partial charge in [0.1, 0.15) is 0 Å². The molecule has 72 valence electrons. The van der Waals surface area contributed by atoms with Crippen molar-refractivity contribution in [2.75, 3.05) is 12.1 Å². The van der Waals surface area contributed by atoms with Gasteiger partial charge in [-0.05, 0) is 18.1 Å². The minimum Gasteiger partial charge on any atom is -0.289 e. The van der Waals surface area contributed by atoms with Gasteiger partial charge in [0.05, 0.1) is 5.69 Å². The van der Waals surface area contributed by atoms with Gasteiger partial charge < -0.3 is 0 Å². The summed E-state index contributed by atoms with van der Waals surface area (Å²) in [5, 5.41) is 10.6. The van der Waals surface area contributed by atoms with E-state index in [2.05, 4.69) is 18.2 Å². The number of allylic oxidation sites excluding steroid dienone is 4. The molecule has 0 fully saturated rings. The van der Waals surface area contributed by atoms with E-state index in [1.54, 1.807) is 7.05 Å². The van der Waals surface area contributed by atoms with Crippen molar-refractivity contribution in [3.63, 3.8) is 0 Å². The first-order chi connectivity index (χ1) is 6.79. The minimum atomic E-state index is 0.838. The van der Waals surface area contributed by atoms with Crippen LogP contribution in [-0.2, 0) is 0 Å². The first-order valence-electron chi connectivity index (χ1n) is 4.68. The predicted molar refractivity (Wildman–Crippen MR) is 58.4 cm³/mol. The minimum absolute atomic E-state index is 0.838. The molecule has 14 heavy (non-hydrogen) atoms. The number of nitrogens with zero attached hydrogens (tertiary/aromatic N) is 1. The summed E-state index contributed by atoms with van der Waals surface area (Å²) in [6.45, 7) is 0. The third-order valence-electron chi connectivity index (χ3n) is 2.33. The van der Waals surface area contributed by atoms with Crippen LogP contribution in [0.15, 0.2) is 42.5 Å². The Bertz CT molecular complexity index is 391. The lowest BCUT2D eigenvalue weighted by atomic mass is 10.1. The van der Waals surface area contributed by atoms with Crippen LogP contribution in [0.4, 0.5) is 5.69 Å². The quantitative estimate of drug-likeness (QED) is 0.719. The molecule has 0 amide bonds. The molecule has 0 aromatic heterocycles. The van der Waals surface area contributed by atoms with E-state index in [1.165, 1.54) is 5.57 Å². The summed E-state index contributed by atoms with van der Waals surface area (Å²) in [5.41, 5.74) is 3.10. The summed E-state index contributed by atoms with van der Waals surface area (Å²) in [4.78, 5) is 0. The van der Waals surface area contributed by atoms with Crippen LogP contribution in [0, 0.1) is 0 Å². The van der Waals surface area contributed by atoms with E-state index in [0.717, 1.165) is 22.7 Å².